The summed E-state index contributed by atoms with van der Waals surface area (Å²) in [4.78, 5) is 12.2. The number of hydrogen-bond acceptors (Lipinski definition) is 3. The van der Waals surface area contributed by atoms with Gasteiger partial charge in [-0.2, -0.15) is 5.10 Å². The van der Waals surface area contributed by atoms with E-state index in [1.165, 1.54) is 18.9 Å². The molecular formula is C23H24FN3O2. The van der Waals surface area contributed by atoms with Gasteiger partial charge in [-0.15, -0.1) is 0 Å². The molecule has 1 heterocycles. The molecule has 1 N–H and O–H groups in total. The molecule has 0 radical (unpaired) electrons. The summed E-state index contributed by atoms with van der Waals surface area (Å²) in [5.74, 6) is 0.777. The van der Waals surface area contributed by atoms with Gasteiger partial charge < -0.3 is 10.1 Å². The summed E-state index contributed by atoms with van der Waals surface area (Å²) in [5, 5.41) is 7.59. The fourth-order valence-electron chi connectivity index (χ4n) is 3.21. The fraction of sp³-hybridized carbons (Fsp3) is 0.304. The molecule has 1 aliphatic rings. The number of carbonyl (C=O) groups excluding carboxylic acids is 1. The molecule has 0 saturated heterocycles. The van der Waals surface area contributed by atoms with Crippen molar-refractivity contribution < 1.29 is 13.9 Å². The summed E-state index contributed by atoms with van der Waals surface area (Å²) in [5.41, 5.74) is 2.38. The molecule has 3 aromatic rings. The molecule has 0 atom stereocenters. The molecule has 0 bridgehead atoms. The molecule has 4 rings (SSSR count). The first-order chi connectivity index (χ1) is 14.1. The lowest BCUT2D eigenvalue weighted by atomic mass is 10.1. The standard InChI is InChI=1S/C23H24FN3O2/c1-16-19(13-14-22(28)25-15-17-11-12-17)23(29-21-10-6-5-9-20(21)24)27(26-16)18-7-3-2-4-8-18/h2-10,17H,11-15H2,1H3,(H,25,28). The molecule has 1 aromatic heterocycles. The van der Waals surface area contributed by atoms with E-state index in [0.29, 0.717) is 24.6 Å². The lowest BCUT2D eigenvalue weighted by molar-refractivity contribution is -0.121. The maximum atomic E-state index is 14.2. The van der Waals surface area contributed by atoms with Gasteiger partial charge in [0.05, 0.1) is 11.4 Å². The van der Waals surface area contributed by atoms with E-state index in [-0.39, 0.29) is 11.7 Å². The van der Waals surface area contributed by atoms with Crippen molar-refractivity contribution in [2.75, 3.05) is 6.54 Å². The van der Waals surface area contributed by atoms with E-state index < -0.39 is 5.82 Å². The number of ether oxygens (including phenoxy) is 1. The molecule has 1 amide bonds. The third-order valence-electron chi connectivity index (χ3n) is 5.07. The molecule has 0 aliphatic heterocycles. The highest BCUT2D eigenvalue weighted by Gasteiger charge is 2.23. The summed E-state index contributed by atoms with van der Waals surface area (Å²) < 4.78 is 21.9. The smallest absolute Gasteiger partial charge is 0.226 e. The molecule has 1 aliphatic carbocycles. The number of aryl methyl sites for hydroxylation is 1. The third kappa shape index (κ3) is 4.65. The molecule has 2 aromatic carbocycles. The van der Waals surface area contributed by atoms with Gasteiger partial charge in [0, 0.05) is 18.5 Å². The van der Waals surface area contributed by atoms with Crippen LogP contribution in [0.4, 0.5) is 4.39 Å². The number of rotatable bonds is 8. The Morgan fingerprint density at radius 2 is 1.90 bits per heavy atom. The zero-order valence-corrected chi connectivity index (χ0v) is 16.4. The van der Waals surface area contributed by atoms with Crippen molar-refractivity contribution in [2.45, 2.75) is 32.6 Å². The molecule has 0 unspecified atom stereocenters. The van der Waals surface area contributed by atoms with Gasteiger partial charge in [0.1, 0.15) is 0 Å². The Morgan fingerprint density at radius 3 is 2.62 bits per heavy atom. The quantitative estimate of drug-likeness (QED) is 0.610. The second-order valence-corrected chi connectivity index (χ2v) is 7.40. The van der Waals surface area contributed by atoms with Crippen molar-refractivity contribution in [1.82, 2.24) is 15.1 Å². The van der Waals surface area contributed by atoms with Crippen LogP contribution in [0.3, 0.4) is 0 Å². The van der Waals surface area contributed by atoms with Crippen LogP contribution in [0.5, 0.6) is 11.6 Å². The minimum Gasteiger partial charge on any atom is -0.436 e. The Bertz CT molecular complexity index is 997. The first-order valence-electron chi connectivity index (χ1n) is 9.95. The van der Waals surface area contributed by atoms with Gasteiger partial charge in [-0.3, -0.25) is 4.79 Å². The Morgan fingerprint density at radius 1 is 1.17 bits per heavy atom. The predicted octanol–water partition coefficient (Wildman–Crippen LogP) is 4.57. The molecule has 150 valence electrons. The summed E-state index contributed by atoms with van der Waals surface area (Å²) >= 11 is 0. The first-order valence-corrected chi connectivity index (χ1v) is 9.95. The van der Waals surface area contributed by atoms with Gasteiger partial charge in [-0.1, -0.05) is 30.3 Å². The summed E-state index contributed by atoms with van der Waals surface area (Å²) in [7, 11) is 0. The van der Waals surface area contributed by atoms with Crippen LogP contribution in [0.2, 0.25) is 0 Å². The first kappa shape index (κ1) is 19.2. The molecule has 5 nitrogen and oxygen atoms in total. The fourth-order valence-corrected chi connectivity index (χ4v) is 3.21. The lowest BCUT2D eigenvalue weighted by Gasteiger charge is -2.12. The van der Waals surface area contributed by atoms with Gasteiger partial charge in [-0.05, 0) is 56.4 Å². The number of halogens is 1. The Balaban J connectivity index is 1.61. The lowest BCUT2D eigenvalue weighted by Crippen LogP contribution is -2.25. The zero-order valence-electron chi connectivity index (χ0n) is 16.4. The predicted molar refractivity (Wildman–Crippen MR) is 109 cm³/mol. The van der Waals surface area contributed by atoms with E-state index in [0.717, 1.165) is 23.5 Å². The number of amides is 1. The average molecular weight is 393 g/mol. The van der Waals surface area contributed by atoms with Crippen LogP contribution in [0.25, 0.3) is 5.69 Å². The summed E-state index contributed by atoms with van der Waals surface area (Å²) in [6.45, 7) is 2.63. The number of carbonyl (C=O) groups is 1. The van der Waals surface area contributed by atoms with Crippen molar-refractivity contribution in [2.24, 2.45) is 5.92 Å². The van der Waals surface area contributed by atoms with E-state index in [9.17, 15) is 9.18 Å². The second kappa shape index (κ2) is 8.47. The highest BCUT2D eigenvalue weighted by molar-refractivity contribution is 5.76. The number of benzene rings is 2. The topological polar surface area (TPSA) is 56.2 Å². The van der Waals surface area contributed by atoms with Crippen LogP contribution in [0.1, 0.15) is 30.5 Å². The van der Waals surface area contributed by atoms with Gasteiger partial charge in [0.2, 0.25) is 11.8 Å². The molecule has 1 fully saturated rings. The van der Waals surface area contributed by atoms with Crippen molar-refractivity contribution in [3.63, 3.8) is 0 Å². The average Bonchev–Trinajstić information content (AvgIpc) is 3.51. The van der Waals surface area contributed by atoms with Crippen molar-refractivity contribution >= 4 is 5.91 Å². The van der Waals surface area contributed by atoms with Crippen molar-refractivity contribution in [3.05, 3.63) is 71.7 Å². The van der Waals surface area contributed by atoms with Crippen LogP contribution in [-0.4, -0.2) is 22.2 Å². The second-order valence-electron chi connectivity index (χ2n) is 7.40. The maximum Gasteiger partial charge on any atom is 0.226 e. The van der Waals surface area contributed by atoms with Crippen LogP contribution >= 0.6 is 0 Å². The van der Waals surface area contributed by atoms with E-state index in [1.807, 2.05) is 37.3 Å². The largest absolute Gasteiger partial charge is 0.436 e. The molecule has 6 heteroatoms. The molecular weight excluding hydrogens is 369 g/mol. The minimum atomic E-state index is -0.445. The van der Waals surface area contributed by atoms with Crippen molar-refractivity contribution in [3.8, 4) is 17.3 Å². The van der Waals surface area contributed by atoms with Crippen molar-refractivity contribution in [1.29, 1.82) is 0 Å². The molecule has 29 heavy (non-hydrogen) atoms. The summed E-state index contributed by atoms with van der Waals surface area (Å²) in [6, 6.07) is 15.8. The van der Waals surface area contributed by atoms with Gasteiger partial charge >= 0.3 is 0 Å². The number of nitrogens with one attached hydrogen (secondary N) is 1. The number of hydrogen-bond donors (Lipinski definition) is 1. The Labute approximate surface area is 169 Å². The Hall–Kier alpha value is -3.15. The highest BCUT2D eigenvalue weighted by Crippen LogP contribution is 2.32. The number of para-hydroxylation sites is 2. The van der Waals surface area contributed by atoms with Gasteiger partial charge in [0.15, 0.2) is 11.6 Å². The molecule has 0 spiro atoms. The summed E-state index contributed by atoms with van der Waals surface area (Å²) in [6.07, 6.45) is 3.20. The van der Waals surface area contributed by atoms with Crippen LogP contribution in [0, 0.1) is 18.7 Å². The Kier molecular flexibility index (Phi) is 5.60. The minimum absolute atomic E-state index is 0.0144. The van der Waals surface area contributed by atoms with Gasteiger partial charge in [-0.25, -0.2) is 9.07 Å². The van der Waals surface area contributed by atoms with E-state index in [4.69, 9.17) is 4.74 Å². The van der Waals surface area contributed by atoms with Crippen LogP contribution < -0.4 is 10.1 Å². The normalized spacial score (nSPS) is 13.3. The van der Waals surface area contributed by atoms with Crippen LogP contribution in [-0.2, 0) is 11.2 Å². The number of aromatic nitrogens is 2. The van der Waals surface area contributed by atoms with Gasteiger partial charge in [0.25, 0.3) is 0 Å². The van der Waals surface area contributed by atoms with E-state index >= 15 is 0 Å². The van der Waals surface area contributed by atoms with E-state index in [1.54, 1.807) is 22.9 Å². The van der Waals surface area contributed by atoms with E-state index in [2.05, 4.69) is 10.4 Å². The monoisotopic (exact) mass is 393 g/mol. The zero-order chi connectivity index (χ0) is 20.2. The van der Waals surface area contributed by atoms with Crippen LogP contribution in [0.15, 0.2) is 54.6 Å². The molecule has 1 saturated carbocycles. The third-order valence-corrected chi connectivity index (χ3v) is 5.07. The SMILES string of the molecule is Cc1nn(-c2ccccc2)c(Oc2ccccc2F)c1CCC(=O)NCC1CC1. The highest BCUT2D eigenvalue weighted by atomic mass is 19.1. The number of nitrogens with zero attached hydrogens (tertiary/aromatic N) is 2. The maximum absolute atomic E-state index is 14.2.